The molecule has 1 spiro atoms. The number of likely N-dealkylation sites (tertiary alicyclic amines) is 1. The Morgan fingerprint density at radius 3 is 2.42 bits per heavy atom. The maximum Gasteiger partial charge on any atom is 0.258 e. The maximum absolute atomic E-state index is 14.4. The Morgan fingerprint density at radius 1 is 0.861 bits per heavy atom. The molecular weight excluding hydrogens is 447 g/mol. The van der Waals surface area contributed by atoms with Crippen LogP contribution in [0.25, 0.3) is 16.8 Å². The molecule has 1 amide bonds. The SMILES string of the molecule is O=C(c1ccc2ccccc2c1)N1CC2(CCN(CC=Cc3ccccc3)CC2)c2cc(F)ccc21. The van der Waals surface area contributed by atoms with Crippen LogP contribution >= 0.6 is 0 Å². The summed E-state index contributed by atoms with van der Waals surface area (Å²) >= 11 is 0. The number of nitrogens with zero attached hydrogens (tertiary/aromatic N) is 2. The molecule has 2 aliphatic heterocycles. The van der Waals surface area contributed by atoms with E-state index in [0.29, 0.717) is 12.1 Å². The lowest BCUT2D eigenvalue weighted by atomic mass is 9.74. The predicted octanol–water partition coefficient (Wildman–Crippen LogP) is 6.69. The van der Waals surface area contributed by atoms with Gasteiger partial charge in [-0.1, -0.05) is 72.8 Å². The van der Waals surface area contributed by atoms with Crippen LogP contribution in [-0.2, 0) is 5.41 Å². The second-order valence-electron chi connectivity index (χ2n) is 10.0. The number of anilines is 1. The van der Waals surface area contributed by atoms with Crippen molar-refractivity contribution in [3.63, 3.8) is 0 Å². The Kier molecular flexibility index (Phi) is 5.90. The summed E-state index contributed by atoms with van der Waals surface area (Å²) in [6.07, 6.45) is 6.19. The first-order valence-electron chi connectivity index (χ1n) is 12.7. The second kappa shape index (κ2) is 9.36. The van der Waals surface area contributed by atoms with Gasteiger partial charge in [0.15, 0.2) is 0 Å². The highest BCUT2D eigenvalue weighted by Crippen LogP contribution is 2.47. The third-order valence-electron chi connectivity index (χ3n) is 7.81. The minimum atomic E-state index is -0.235. The zero-order chi connectivity index (χ0) is 24.5. The van der Waals surface area contributed by atoms with Crippen molar-refractivity contribution in [3.8, 4) is 0 Å². The quantitative estimate of drug-likeness (QED) is 0.328. The Labute approximate surface area is 211 Å². The summed E-state index contributed by atoms with van der Waals surface area (Å²) in [5.41, 5.74) is 3.51. The van der Waals surface area contributed by atoms with Crippen LogP contribution in [0.1, 0.15) is 34.3 Å². The molecule has 0 aliphatic carbocycles. The Morgan fingerprint density at radius 2 is 1.61 bits per heavy atom. The molecule has 0 saturated carbocycles. The van der Waals surface area contributed by atoms with Crippen LogP contribution in [0.4, 0.5) is 10.1 Å². The van der Waals surface area contributed by atoms with Crippen molar-refractivity contribution in [1.29, 1.82) is 0 Å². The van der Waals surface area contributed by atoms with E-state index in [-0.39, 0.29) is 17.1 Å². The van der Waals surface area contributed by atoms with E-state index in [9.17, 15) is 9.18 Å². The summed E-state index contributed by atoms with van der Waals surface area (Å²) in [7, 11) is 0. The van der Waals surface area contributed by atoms with E-state index in [4.69, 9.17) is 0 Å². The number of hydrogen-bond donors (Lipinski definition) is 0. The number of amides is 1. The third-order valence-corrected chi connectivity index (χ3v) is 7.81. The standard InChI is InChI=1S/C32H29FN2O/c33-28-14-15-30-29(22-28)32(16-19-34(20-17-32)18-6-9-24-7-2-1-3-8-24)23-35(30)31(36)27-13-12-25-10-4-5-11-26(25)21-27/h1-15,21-22H,16-20,23H2. The molecule has 4 aromatic rings. The zero-order valence-electron chi connectivity index (χ0n) is 20.2. The molecule has 3 nitrogen and oxygen atoms in total. The molecular formula is C32H29FN2O. The molecule has 4 heteroatoms. The maximum atomic E-state index is 14.4. The van der Waals surface area contributed by atoms with Crippen LogP contribution in [0.5, 0.6) is 0 Å². The molecule has 0 N–H and O–H groups in total. The van der Waals surface area contributed by atoms with Gasteiger partial charge in [-0.2, -0.15) is 0 Å². The Balaban J connectivity index is 1.22. The van der Waals surface area contributed by atoms with Crippen molar-refractivity contribution in [2.75, 3.05) is 31.1 Å². The largest absolute Gasteiger partial charge is 0.307 e. The van der Waals surface area contributed by atoms with Gasteiger partial charge >= 0.3 is 0 Å². The van der Waals surface area contributed by atoms with Gasteiger partial charge in [-0.25, -0.2) is 4.39 Å². The molecule has 1 fully saturated rings. The number of hydrogen-bond acceptors (Lipinski definition) is 2. The molecule has 4 aromatic carbocycles. The molecule has 36 heavy (non-hydrogen) atoms. The second-order valence-corrected chi connectivity index (χ2v) is 10.0. The van der Waals surface area contributed by atoms with Gasteiger partial charge in [0, 0.05) is 29.8 Å². The highest BCUT2D eigenvalue weighted by Gasteiger charge is 2.46. The van der Waals surface area contributed by atoms with Gasteiger partial charge in [0.25, 0.3) is 5.91 Å². The van der Waals surface area contributed by atoms with E-state index < -0.39 is 0 Å². The summed E-state index contributed by atoms with van der Waals surface area (Å²) in [5, 5.41) is 2.16. The Bertz CT molecular complexity index is 1440. The van der Waals surface area contributed by atoms with Crippen molar-refractivity contribution >= 4 is 28.4 Å². The molecule has 1 saturated heterocycles. The van der Waals surface area contributed by atoms with Gasteiger partial charge in [0.05, 0.1) is 0 Å². The van der Waals surface area contributed by atoms with Crippen LogP contribution in [-0.4, -0.2) is 37.0 Å². The average Bonchev–Trinajstić information content (AvgIpc) is 3.22. The predicted molar refractivity (Wildman–Crippen MR) is 145 cm³/mol. The van der Waals surface area contributed by atoms with Crippen molar-refractivity contribution in [2.24, 2.45) is 0 Å². The van der Waals surface area contributed by atoms with E-state index in [1.807, 2.05) is 59.5 Å². The first-order chi connectivity index (χ1) is 17.6. The van der Waals surface area contributed by atoms with Gasteiger partial charge in [0.1, 0.15) is 5.82 Å². The molecule has 2 aliphatic rings. The first kappa shape index (κ1) is 22.7. The van der Waals surface area contributed by atoms with Crippen molar-refractivity contribution in [2.45, 2.75) is 18.3 Å². The average molecular weight is 477 g/mol. The van der Waals surface area contributed by atoms with Crippen LogP contribution < -0.4 is 4.90 Å². The van der Waals surface area contributed by atoms with Crippen LogP contribution in [0.3, 0.4) is 0 Å². The molecule has 0 atom stereocenters. The monoisotopic (exact) mass is 476 g/mol. The molecule has 0 unspecified atom stereocenters. The molecule has 6 rings (SSSR count). The summed E-state index contributed by atoms with van der Waals surface area (Å²) in [6.45, 7) is 3.34. The summed E-state index contributed by atoms with van der Waals surface area (Å²) < 4.78 is 14.4. The van der Waals surface area contributed by atoms with Crippen LogP contribution in [0, 0.1) is 5.82 Å². The lowest BCUT2D eigenvalue weighted by Gasteiger charge is -2.39. The van der Waals surface area contributed by atoms with E-state index in [1.165, 1.54) is 11.6 Å². The minimum Gasteiger partial charge on any atom is -0.307 e. The normalized spacial score (nSPS) is 17.2. The number of carbonyl (C=O) groups is 1. The zero-order valence-corrected chi connectivity index (χ0v) is 20.2. The third kappa shape index (κ3) is 4.22. The fourth-order valence-electron chi connectivity index (χ4n) is 5.79. The van der Waals surface area contributed by atoms with Gasteiger partial charge in [0.2, 0.25) is 0 Å². The molecule has 0 radical (unpaired) electrons. The number of halogens is 1. The number of benzene rings is 4. The fourth-order valence-corrected chi connectivity index (χ4v) is 5.79. The summed E-state index contributed by atoms with van der Waals surface area (Å²) in [5.74, 6) is -0.250. The first-order valence-corrected chi connectivity index (χ1v) is 12.7. The lowest BCUT2D eigenvalue weighted by molar-refractivity contribution is 0.0978. The van der Waals surface area contributed by atoms with Gasteiger partial charge < -0.3 is 4.90 Å². The van der Waals surface area contributed by atoms with E-state index >= 15 is 0 Å². The Hall–Kier alpha value is -3.76. The van der Waals surface area contributed by atoms with Crippen LogP contribution in [0.15, 0.2) is 97.1 Å². The van der Waals surface area contributed by atoms with E-state index in [1.54, 1.807) is 12.1 Å². The van der Waals surface area contributed by atoms with Crippen molar-refractivity contribution < 1.29 is 9.18 Å². The summed E-state index contributed by atoms with van der Waals surface area (Å²) in [4.78, 5) is 18.0. The van der Waals surface area contributed by atoms with Crippen molar-refractivity contribution in [3.05, 3.63) is 120 Å². The number of piperidine rings is 1. The van der Waals surface area contributed by atoms with Gasteiger partial charge in [-0.05, 0) is 78.2 Å². The molecule has 2 heterocycles. The topological polar surface area (TPSA) is 23.6 Å². The molecule has 180 valence electrons. The molecule has 0 aromatic heterocycles. The lowest BCUT2D eigenvalue weighted by Crippen LogP contribution is -2.46. The number of rotatable bonds is 4. The fraction of sp³-hybridized carbons (Fsp3) is 0.219. The highest BCUT2D eigenvalue weighted by atomic mass is 19.1. The van der Waals surface area contributed by atoms with Crippen LogP contribution in [0.2, 0.25) is 0 Å². The van der Waals surface area contributed by atoms with Crippen molar-refractivity contribution in [1.82, 2.24) is 4.90 Å². The minimum absolute atomic E-state index is 0.0151. The van der Waals surface area contributed by atoms with Gasteiger partial charge in [-0.15, -0.1) is 0 Å². The van der Waals surface area contributed by atoms with Gasteiger partial charge in [-0.3, -0.25) is 9.69 Å². The molecule has 0 bridgehead atoms. The van der Waals surface area contributed by atoms with E-state index in [0.717, 1.165) is 54.5 Å². The summed E-state index contributed by atoms with van der Waals surface area (Å²) in [6, 6.07) is 29.2. The smallest absolute Gasteiger partial charge is 0.258 e. The number of fused-ring (bicyclic) bond motifs is 3. The number of carbonyl (C=O) groups excluding carboxylic acids is 1. The van der Waals surface area contributed by atoms with E-state index in [2.05, 4.69) is 35.3 Å². The highest BCUT2D eigenvalue weighted by molar-refractivity contribution is 6.09.